The van der Waals surface area contributed by atoms with Crippen LogP contribution in [-0.2, 0) is 0 Å². The molecule has 1 aliphatic rings. The fraction of sp³-hybridized carbons (Fsp3) is 0.176. The summed E-state index contributed by atoms with van der Waals surface area (Å²) in [5.41, 5.74) is 1.39. The molecule has 2 aromatic heterocycles. The molecule has 0 N–H and O–H groups in total. The number of nitrogens with zero attached hydrogens (tertiary/aromatic N) is 4. The summed E-state index contributed by atoms with van der Waals surface area (Å²) in [6.45, 7) is 1.12. The number of rotatable bonds is 3. The van der Waals surface area contributed by atoms with E-state index in [2.05, 4.69) is 15.1 Å². The summed E-state index contributed by atoms with van der Waals surface area (Å²) in [4.78, 5) is 22.4. The third-order valence-electron chi connectivity index (χ3n) is 3.95. The molecule has 4 rings (SSSR count). The SMILES string of the molecule is O=C(c1cccnc1)N1CC(c2nc(-c3cccc(Cl)c3)no2)C1. The Morgan fingerprint density at radius 3 is 2.88 bits per heavy atom. The van der Waals surface area contributed by atoms with Gasteiger partial charge in [0, 0.05) is 36.1 Å². The molecule has 3 aromatic rings. The number of hydrogen-bond acceptors (Lipinski definition) is 5. The Morgan fingerprint density at radius 1 is 1.25 bits per heavy atom. The van der Waals surface area contributed by atoms with Gasteiger partial charge in [-0.05, 0) is 24.3 Å². The molecule has 1 amide bonds. The van der Waals surface area contributed by atoms with Crippen LogP contribution >= 0.6 is 11.6 Å². The predicted molar refractivity (Wildman–Crippen MR) is 87.6 cm³/mol. The van der Waals surface area contributed by atoms with E-state index in [9.17, 15) is 4.79 Å². The van der Waals surface area contributed by atoms with Crippen molar-refractivity contribution >= 4 is 17.5 Å². The first-order valence-electron chi connectivity index (χ1n) is 7.49. The van der Waals surface area contributed by atoms with Crippen LogP contribution in [-0.4, -0.2) is 39.0 Å². The van der Waals surface area contributed by atoms with Crippen molar-refractivity contribution in [3.05, 3.63) is 65.3 Å². The highest BCUT2D eigenvalue weighted by Crippen LogP contribution is 2.29. The van der Waals surface area contributed by atoms with E-state index in [1.165, 1.54) is 0 Å². The number of likely N-dealkylation sites (tertiary alicyclic amines) is 1. The molecule has 1 fully saturated rings. The van der Waals surface area contributed by atoms with Gasteiger partial charge in [-0.3, -0.25) is 9.78 Å². The van der Waals surface area contributed by atoms with Crippen LogP contribution in [0.3, 0.4) is 0 Å². The van der Waals surface area contributed by atoms with Crippen molar-refractivity contribution in [1.29, 1.82) is 0 Å². The van der Waals surface area contributed by atoms with Gasteiger partial charge in [-0.2, -0.15) is 4.98 Å². The molecule has 1 saturated heterocycles. The third kappa shape index (κ3) is 2.76. The van der Waals surface area contributed by atoms with Gasteiger partial charge in [-0.1, -0.05) is 28.9 Å². The zero-order valence-electron chi connectivity index (χ0n) is 12.6. The van der Waals surface area contributed by atoms with Gasteiger partial charge in [-0.25, -0.2) is 0 Å². The van der Waals surface area contributed by atoms with Gasteiger partial charge in [0.25, 0.3) is 5.91 Å². The fourth-order valence-electron chi connectivity index (χ4n) is 2.62. The number of hydrogen-bond donors (Lipinski definition) is 0. The Balaban J connectivity index is 1.44. The maximum Gasteiger partial charge on any atom is 0.255 e. The van der Waals surface area contributed by atoms with Gasteiger partial charge in [-0.15, -0.1) is 0 Å². The first-order chi connectivity index (χ1) is 11.7. The first kappa shape index (κ1) is 14.8. The standard InChI is InChI=1S/C17H13ClN4O2/c18-14-5-1-3-11(7-14)15-20-16(24-21-15)13-9-22(10-13)17(23)12-4-2-6-19-8-12/h1-8,13H,9-10H2. The van der Waals surface area contributed by atoms with Gasteiger partial charge in [0.05, 0.1) is 11.5 Å². The molecule has 1 aromatic carbocycles. The van der Waals surface area contributed by atoms with Gasteiger partial charge in [0.15, 0.2) is 0 Å². The number of carbonyl (C=O) groups is 1. The highest BCUT2D eigenvalue weighted by molar-refractivity contribution is 6.30. The molecule has 0 bridgehead atoms. The maximum atomic E-state index is 12.3. The smallest absolute Gasteiger partial charge is 0.255 e. The average molecular weight is 341 g/mol. The second-order valence-electron chi connectivity index (χ2n) is 5.62. The van der Waals surface area contributed by atoms with Gasteiger partial charge in [0.2, 0.25) is 11.7 Å². The van der Waals surface area contributed by atoms with Gasteiger partial charge < -0.3 is 9.42 Å². The van der Waals surface area contributed by atoms with E-state index in [4.69, 9.17) is 16.1 Å². The quantitative estimate of drug-likeness (QED) is 0.732. The number of halogens is 1. The van der Waals surface area contributed by atoms with Crippen molar-refractivity contribution in [1.82, 2.24) is 20.0 Å². The van der Waals surface area contributed by atoms with E-state index in [0.29, 0.717) is 35.4 Å². The summed E-state index contributed by atoms with van der Waals surface area (Å²) in [6.07, 6.45) is 3.21. The second-order valence-corrected chi connectivity index (χ2v) is 6.05. The van der Waals surface area contributed by atoms with Crippen LogP contribution in [0.5, 0.6) is 0 Å². The van der Waals surface area contributed by atoms with E-state index in [1.807, 2.05) is 12.1 Å². The third-order valence-corrected chi connectivity index (χ3v) is 4.19. The number of carbonyl (C=O) groups excluding carboxylic acids is 1. The van der Waals surface area contributed by atoms with Crippen LogP contribution in [0.1, 0.15) is 22.2 Å². The average Bonchev–Trinajstić information content (AvgIpc) is 3.04. The molecule has 0 saturated carbocycles. The second kappa shape index (κ2) is 6.05. The summed E-state index contributed by atoms with van der Waals surface area (Å²) >= 11 is 5.98. The molecular weight excluding hydrogens is 328 g/mol. The zero-order valence-corrected chi connectivity index (χ0v) is 13.3. The van der Waals surface area contributed by atoms with E-state index >= 15 is 0 Å². The Labute approximate surface area is 143 Å². The normalized spacial score (nSPS) is 14.5. The van der Waals surface area contributed by atoms with Crippen LogP contribution in [0.2, 0.25) is 5.02 Å². The molecule has 6 nitrogen and oxygen atoms in total. The van der Waals surface area contributed by atoms with Crippen molar-refractivity contribution in [2.24, 2.45) is 0 Å². The molecule has 24 heavy (non-hydrogen) atoms. The van der Waals surface area contributed by atoms with Crippen LogP contribution < -0.4 is 0 Å². The van der Waals surface area contributed by atoms with Gasteiger partial charge in [0.1, 0.15) is 0 Å². The summed E-state index contributed by atoms with van der Waals surface area (Å²) < 4.78 is 5.34. The van der Waals surface area contributed by atoms with E-state index < -0.39 is 0 Å². The molecule has 0 atom stereocenters. The molecule has 0 radical (unpaired) electrons. The largest absolute Gasteiger partial charge is 0.339 e. The Hall–Kier alpha value is -2.73. The first-order valence-corrected chi connectivity index (χ1v) is 7.87. The molecule has 3 heterocycles. The van der Waals surface area contributed by atoms with Crippen LogP contribution in [0, 0.1) is 0 Å². The van der Waals surface area contributed by atoms with Crippen molar-refractivity contribution < 1.29 is 9.32 Å². The molecule has 7 heteroatoms. The summed E-state index contributed by atoms with van der Waals surface area (Å²) in [5, 5.41) is 4.62. The molecule has 1 aliphatic heterocycles. The lowest BCUT2D eigenvalue weighted by Gasteiger charge is -2.37. The van der Waals surface area contributed by atoms with Crippen LogP contribution in [0.4, 0.5) is 0 Å². The monoisotopic (exact) mass is 340 g/mol. The van der Waals surface area contributed by atoms with E-state index in [0.717, 1.165) is 5.56 Å². The summed E-state index contributed by atoms with van der Waals surface area (Å²) in [6, 6.07) is 10.8. The Bertz CT molecular complexity index is 875. The van der Waals surface area contributed by atoms with Gasteiger partial charge >= 0.3 is 0 Å². The number of benzene rings is 1. The number of amides is 1. The van der Waals surface area contributed by atoms with Crippen molar-refractivity contribution in [2.75, 3.05) is 13.1 Å². The Kier molecular flexibility index (Phi) is 3.74. The topological polar surface area (TPSA) is 72.1 Å². The molecule has 0 unspecified atom stereocenters. The van der Waals surface area contributed by atoms with Crippen molar-refractivity contribution in [2.45, 2.75) is 5.92 Å². The molecular formula is C17H13ClN4O2. The van der Waals surface area contributed by atoms with Crippen molar-refractivity contribution in [3.8, 4) is 11.4 Å². The Morgan fingerprint density at radius 2 is 2.12 bits per heavy atom. The lowest BCUT2D eigenvalue weighted by Crippen LogP contribution is -2.48. The minimum Gasteiger partial charge on any atom is -0.339 e. The minimum atomic E-state index is -0.0334. The van der Waals surface area contributed by atoms with Crippen LogP contribution in [0.25, 0.3) is 11.4 Å². The maximum absolute atomic E-state index is 12.3. The van der Waals surface area contributed by atoms with Crippen molar-refractivity contribution in [3.63, 3.8) is 0 Å². The lowest BCUT2D eigenvalue weighted by molar-refractivity contribution is 0.0569. The zero-order chi connectivity index (χ0) is 16.5. The molecule has 0 spiro atoms. The minimum absolute atomic E-state index is 0.0334. The van der Waals surface area contributed by atoms with Crippen LogP contribution in [0.15, 0.2) is 53.3 Å². The highest BCUT2D eigenvalue weighted by Gasteiger charge is 2.36. The van der Waals surface area contributed by atoms with E-state index in [-0.39, 0.29) is 11.8 Å². The highest BCUT2D eigenvalue weighted by atomic mass is 35.5. The fourth-order valence-corrected chi connectivity index (χ4v) is 2.81. The summed E-state index contributed by atoms with van der Waals surface area (Å²) in [7, 11) is 0. The predicted octanol–water partition coefficient (Wildman–Crippen LogP) is 3.02. The molecule has 0 aliphatic carbocycles. The lowest BCUT2D eigenvalue weighted by atomic mass is 9.99. The summed E-state index contributed by atoms with van der Waals surface area (Å²) in [5.74, 6) is 1.07. The van der Waals surface area contributed by atoms with E-state index in [1.54, 1.807) is 41.6 Å². The molecule has 120 valence electrons. The number of pyridine rings is 1. The number of aromatic nitrogens is 3.